The van der Waals surface area contributed by atoms with Gasteiger partial charge in [-0.3, -0.25) is 19.2 Å². The van der Waals surface area contributed by atoms with Gasteiger partial charge in [0.05, 0.1) is 6.61 Å². The van der Waals surface area contributed by atoms with Gasteiger partial charge in [0.25, 0.3) is 0 Å². The highest BCUT2D eigenvalue weighted by Crippen LogP contribution is 2.09. The molecule has 44 heavy (non-hydrogen) atoms. The van der Waals surface area contributed by atoms with E-state index in [1.807, 2.05) is 0 Å². The van der Waals surface area contributed by atoms with E-state index >= 15 is 0 Å². The van der Waals surface area contributed by atoms with Gasteiger partial charge in [0.15, 0.2) is 0 Å². The summed E-state index contributed by atoms with van der Waals surface area (Å²) >= 11 is 5.92. The molecular weight excluding hydrogens is 698 g/mol. The van der Waals surface area contributed by atoms with Gasteiger partial charge in [0.2, 0.25) is 11.6 Å². The quantitative estimate of drug-likeness (QED) is 0.0528. The lowest BCUT2D eigenvalue weighted by Gasteiger charge is -2.16. The lowest BCUT2D eigenvalue weighted by atomic mass is 10.1. The summed E-state index contributed by atoms with van der Waals surface area (Å²) < 4.78 is 4.52. The molecule has 0 aromatic carbocycles. The van der Waals surface area contributed by atoms with Crippen molar-refractivity contribution in [3.8, 4) is 23.7 Å². The molecule has 0 radical (unpaired) electrons. The largest absolute Gasteiger partial charge is 0.449 e. The van der Waals surface area contributed by atoms with Crippen LogP contribution in [0.5, 0.6) is 0 Å². The number of imide groups is 3. The van der Waals surface area contributed by atoms with E-state index in [9.17, 15) is 24.0 Å². The Morgan fingerprint density at radius 2 is 0.932 bits per heavy atom. The molecule has 2 N–H and O–H groups in total. The van der Waals surface area contributed by atoms with Crippen LogP contribution in [0.15, 0.2) is 0 Å². The monoisotopic (exact) mass is 747 g/mol. The van der Waals surface area contributed by atoms with Crippen LogP contribution in [-0.4, -0.2) is 75.1 Å². The number of aliphatic hydroxyl groups is 2. The number of ketones is 2. The summed E-state index contributed by atoms with van der Waals surface area (Å²) in [4.78, 5) is 58.0. The highest BCUT2D eigenvalue weighted by Gasteiger charge is 2.37. The number of unbranched alkanes of at least 4 members (excludes halogenated alkanes) is 14. The lowest BCUT2D eigenvalue weighted by Crippen LogP contribution is -2.48. The van der Waals surface area contributed by atoms with Crippen molar-refractivity contribution in [1.29, 1.82) is 0 Å². The van der Waals surface area contributed by atoms with Gasteiger partial charge in [-0.15, -0.1) is 0 Å². The lowest BCUT2D eigenvalue weighted by molar-refractivity contribution is -0.153. The zero-order chi connectivity index (χ0) is 33.3. The molecule has 0 spiro atoms. The molecule has 0 rings (SSSR count). The number of hydrogen-bond donors (Lipinski definition) is 2. The van der Waals surface area contributed by atoms with Crippen molar-refractivity contribution in [2.45, 2.75) is 122 Å². The zero-order valence-electron chi connectivity index (χ0n) is 26.3. The second-order valence-electron chi connectivity index (χ2n) is 9.87. The third-order valence-electron chi connectivity index (χ3n) is 6.14. The van der Waals surface area contributed by atoms with Crippen LogP contribution in [0.25, 0.3) is 0 Å². The van der Waals surface area contributed by atoms with E-state index in [4.69, 9.17) is 10.2 Å². The van der Waals surface area contributed by atoms with Gasteiger partial charge in [-0.05, 0) is 44.4 Å². The number of Topliss-reactive ketones (excluding diaryl/α,β-unsaturated/α-hetero) is 2. The van der Waals surface area contributed by atoms with Gasteiger partial charge in [0.1, 0.15) is 0 Å². The smallest absolute Gasteiger partial charge is 0.424 e. The summed E-state index contributed by atoms with van der Waals surface area (Å²) in [6.45, 7) is 2.03. The number of hydrogen-bond acceptors (Lipinski definition) is 8. The second-order valence-corrected chi connectivity index (χ2v) is 11.5. The van der Waals surface area contributed by atoms with E-state index in [1.54, 1.807) is 0 Å². The maximum absolute atomic E-state index is 11.8. The van der Waals surface area contributed by atoms with Crippen LogP contribution in [0, 0.1) is 23.7 Å². The van der Waals surface area contributed by atoms with Crippen LogP contribution >= 0.6 is 31.9 Å². The molecule has 0 aromatic heterocycles. The highest BCUT2D eigenvalue weighted by molar-refractivity contribution is 9.09. The Morgan fingerprint density at radius 1 is 0.591 bits per heavy atom. The molecule has 0 aliphatic rings. The summed E-state index contributed by atoms with van der Waals surface area (Å²) in [6.07, 6.45) is 17.0. The molecule has 3 amide bonds. The fraction of sp³-hybridized carbons (Fsp3) is 0.727. The number of rotatable bonds is 23. The van der Waals surface area contributed by atoms with Gasteiger partial charge >= 0.3 is 17.9 Å². The van der Waals surface area contributed by atoms with Gasteiger partial charge < -0.3 is 14.9 Å². The number of halogens is 2. The predicted octanol–water partition coefficient (Wildman–Crippen LogP) is 6.43. The number of carbonyl (C=O) groups is 5. The number of aliphatic hydroxyl groups excluding tert-OH is 2. The van der Waals surface area contributed by atoms with Crippen molar-refractivity contribution < 1.29 is 38.9 Å². The molecule has 0 fully saturated rings. The molecule has 0 aliphatic carbocycles. The van der Waals surface area contributed by atoms with Gasteiger partial charge in [0, 0.05) is 49.6 Å². The van der Waals surface area contributed by atoms with Gasteiger partial charge in [-0.2, -0.15) is 4.90 Å². The maximum atomic E-state index is 11.8. The van der Waals surface area contributed by atoms with Crippen molar-refractivity contribution in [3.05, 3.63) is 0 Å². The van der Waals surface area contributed by atoms with Crippen LogP contribution < -0.4 is 0 Å². The SMILES string of the molecule is CCOC(=O)N(C(=O)C(=O)CCBr)C(=O)C(=O)CCBr.OCCCCCCCCCC#CC#CCCCCCCCCCO. The number of carbonyl (C=O) groups excluding carboxylic acids is 5. The third-order valence-corrected chi connectivity index (χ3v) is 6.93. The molecule has 9 nitrogen and oxygen atoms in total. The Balaban J connectivity index is 0. The zero-order valence-corrected chi connectivity index (χ0v) is 29.5. The Bertz CT molecular complexity index is 868. The molecule has 0 saturated carbocycles. The average Bonchev–Trinajstić information content (AvgIpc) is 3.00. The van der Waals surface area contributed by atoms with Crippen LogP contribution in [-0.2, 0) is 23.9 Å². The predicted molar refractivity (Wildman–Crippen MR) is 179 cm³/mol. The van der Waals surface area contributed by atoms with E-state index < -0.39 is 29.5 Å². The van der Waals surface area contributed by atoms with Crippen molar-refractivity contribution in [3.63, 3.8) is 0 Å². The first-order valence-electron chi connectivity index (χ1n) is 15.7. The molecule has 11 heteroatoms. The minimum absolute atomic E-state index is 0.0422. The third kappa shape index (κ3) is 26.4. The fourth-order valence-corrected chi connectivity index (χ4v) is 4.43. The van der Waals surface area contributed by atoms with Crippen LogP contribution in [0.1, 0.15) is 122 Å². The Labute approximate surface area is 280 Å². The van der Waals surface area contributed by atoms with Crippen molar-refractivity contribution in [2.24, 2.45) is 0 Å². The van der Waals surface area contributed by atoms with E-state index in [0.717, 1.165) is 38.5 Å². The minimum atomic E-state index is -1.36. The summed E-state index contributed by atoms with van der Waals surface area (Å²) in [7, 11) is 0. The average molecular weight is 750 g/mol. The number of nitrogens with zero attached hydrogens (tertiary/aromatic N) is 1. The summed E-state index contributed by atoms with van der Waals surface area (Å²) in [5.74, 6) is 7.58. The van der Waals surface area contributed by atoms with E-state index in [0.29, 0.717) is 13.2 Å². The summed E-state index contributed by atoms with van der Waals surface area (Å²) in [5.41, 5.74) is 0. The van der Waals surface area contributed by atoms with Crippen LogP contribution in [0.2, 0.25) is 0 Å². The van der Waals surface area contributed by atoms with Crippen LogP contribution in [0.3, 0.4) is 0 Å². The molecule has 0 aromatic rings. The Morgan fingerprint density at radius 3 is 1.25 bits per heavy atom. The topological polar surface area (TPSA) is 138 Å². The molecule has 0 bridgehead atoms. The standard InChI is InChI=1S/C22H38O2.C11H13Br2NO6/c23-21-19-17-15-13-11-9-7-5-3-1-2-4-6-8-10-12-14-16-18-20-22-24;1-2-20-11(19)14(9(17)7(15)3-5-12)10(18)8(16)4-6-13/h23-24H,5-22H2;2-6H2,1H3. The van der Waals surface area contributed by atoms with E-state index in [-0.39, 0.29) is 35.0 Å². The van der Waals surface area contributed by atoms with Gasteiger partial charge in [-0.1, -0.05) is 108 Å². The molecule has 250 valence electrons. The Kier molecular flexibility index (Phi) is 33.9. The molecular formula is C33H51Br2NO8. The summed E-state index contributed by atoms with van der Waals surface area (Å²) in [5, 5.41) is 17.8. The van der Waals surface area contributed by atoms with Crippen LogP contribution in [0.4, 0.5) is 4.79 Å². The van der Waals surface area contributed by atoms with Gasteiger partial charge in [-0.25, -0.2) is 4.79 Å². The molecule has 0 saturated heterocycles. The first kappa shape index (κ1) is 44.1. The van der Waals surface area contributed by atoms with Crippen molar-refractivity contribution in [1.82, 2.24) is 4.90 Å². The van der Waals surface area contributed by atoms with E-state index in [2.05, 4.69) is 60.3 Å². The van der Waals surface area contributed by atoms with Crippen molar-refractivity contribution >= 4 is 61.3 Å². The Hall–Kier alpha value is -2.05. The molecule has 0 atom stereocenters. The molecule has 0 unspecified atom stereocenters. The number of alkyl halides is 2. The first-order chi connectivity index (χ1) is 21.3. The second kappa shape index (κ2) is 33.8. The van der Waals surface area contributed by atoms with E-state index in [1.165, 1.54) is 71.1 Å². The summed E-state index contributed by atoms with van der Waals surface area (Å²) in [6, 6.07) is 0. The minimum Gasteiger partial charge on any atom is -0.449 e. The maximum Gasteiger partial charge on any atom is 0.424 e. The molecule has 0 heterocycles. The first-order valence-corrected chi connectivity index (χ1v) is 18.0. The normalized spacial score (nSPS) is 9.84. The number of amides is 3. The molecule has 0 aliphatic heterocycles. The van der Waals surface area contributed by atoms with Crippen molar-refractivity contribution in [2.75, 3.05) is 30.5 Å². The fourth-order valence-electron chi connectivity index (χ4n) is 3.71. The number of ether oxygens (including phenoxy) is 1. The highest BCUT2D eigenvalue weighted by atomic mass is 79.9.